The monoisotopic (exact) mass is 339 g/mol. The van der Waals surface area contributed by atoms with Crippen molar-refractivity contribution in [2.75, 3.05) is 0 Å². The predicted molar refractivity (Wildman–Crippen MR) is 101 cm³/mol. The molecule has 0 aliphatic rings. The van der Waals surface area contributed by atoms with Crippen molar-refractivity contribution in [1.82, 2.24) is 14.7 Å². The quantitative estimate of drug-likeness (QED) is 0.504. The molecule has 0 amide bonds. The summed E-state index contributed by atoms with van der Waals surface area (Å²) in [5, 5.41) is 4.18. The fourth-order valence-corrected chi connectivity index (χ4v) is 2.86. The smallest absolute Gasteiger partial charge is 0.190 e. The van der Waals surface area contributed by atoms with E-state index in [4.69, 9.17) is 4.52 Å². The molecule has 0 radical (unpaired) electrons. The van der Waals surface area contributed by atoms with Crippen LogP contribution in [-0.2, 0) is 0 Å². The van der Waals surface area contributed by atoms with Crippen LogP contribution in [0, 0.1) is 25.7 Å². The molecule has 0 fully saturated rings. The van der Waals surface area contributed by atoms with E-state index >= 15 is 0 Å². The zero-order valence-corrected chi connectivity index (χ0v) is 14.6. The van der Waals surface area contributed by atoms with E-state index in [9.17, 15) is 0 Å². The number of para-hydroxylation sites is 1. The lowest BCUT2D eigenvalue weighted by Crippen LogP contribution is -1.99. The minimum Gasteiger partial charge on any atom is -0.360 e. The second-order valence-electron chi connectivity index (χ2n) is 5.97. The highest BCUT2D eigenvalue weighted by Crippen LogP contribution is 2.24. The number of benzene rings is 2. The second kappa shape index (κ2) is 6.73. The van der Waals surface area contributed by atoms with Gasteiger partial charge in [0, 0.05) is 23.1 Å². The maximum atomic E-state index is 5.38. The molecule has 4 rings (SSSR count). The molecule has 0 saturated carbocycles. The molecule has 0 unspecified atom stereocenters. The van der Waals surface area contributed by atoms with Crippen LogP contribution in [0.25, 0.3) is 16.9 Å². The van der Waals surface area contributed by atoms with Crippen LogP contribution in [0.2, 0.25) is 0 Å². The third-order valence-corrected chi connectivity index (χ3v) is 4.16. The third-order valence-electron chi connectivity index (χ3n) is 4.16. The summed E-state index contributed by atoms with van der Waals surface area (Å²) >= 11 is 0. The summed E-state index contributed by atoms with van der Waals surface area (Å²) in [4.78, 5) is 4.46. The Morgan fingerprint density at radius 2 is 1.58 bits per heavy atom. The summed E-state index contributed by atoms with van der Waals surface area (Å²) in [5.74, 6) is 7.79. The maximum Gasteiger partial charge on any atom is 0.190 e. The summed E-state index contributed by atoms with van der Waals surface area (Å²) in [5.41, 5.74) is 4.60. The Hall–Kier alpha value is -3.58. The predicted octanol–water partition coefficient (Wildman–Crippen LogP) is 4.54. The zero-order valence-electron chi connectivity index (χ0n) is 14.6. The molecular weight excluding hydrogens is 322 g/mol. The van der Waals surface area contributed by atoms with Crippen molar-refractivity contribution in [3.8, 4) is 28.8 Å². The molecule has 4 heteroatoms. The average Bonchev–Trinajstić information content (AvgIpc) is 3.24. The average molecular weight is 339 g/mol. The lowest BCUT2D eigenvalue weighted by Gasteiger charge is -2.06. The van der Waals surface area contributed by atoms with Gasteiger partial charge in [-0.05, 0) is 31.9 Å². The maximum absolute atomic E-state index is 5.38. The summed E-state index contributed by atoms with van der Waals surface area (Å²) in [7, 11) is 0. The topological polar surface area (TPSA) is 43.9 Å². The lowest BCUT2D eigenvalue weighted by atomic mass is 10.1. The fraction of sp³-hybridized carbons (Fsp3) is 0.0909. The molecule has 126 valence electrons. The van der Waals surface area contributed by atoms with Gasteiger partial charge >= 0.3 is 0 Å². The molecule has 26 heavy (non-hydrogen) atoms. The van der Waals surface area contributed by atoms with Gasteiger partial charge in [-0.3, -0.25) is 4.57 Å². The standard InChI is InChI=1S/C22H17N3O/c1-16-15-23-21(25(16)19-11-7-4-8-12-19)14-13-20-17(2)26-24-22(20)18-9-5-3-6-10-18/h3-12,15H,1-2H3. The number of hydrogen-bond donors (Lipinski definition) is 0. The van der Waals surface area contributed by atoms with E-state index in [1.807, 2.05) is 85.3 Å². The van der Waals surface area contributed by atoms with Crippen molar-refractivity contribution < 1.29 is 4.52 Å². The molecule has 0 bridgehead atoms. The van der Waals surface area contributed by atoms with Gasteiger partial charge in [-0.1, -0.05) is 59.6 Å². The Morgan fingerprint density at radius 1 is 0.885 bits per heavy atom. The van der Waals surface area contributed by atoms with Gasteiger partial charge in [-0.2, -0.15) is 0 Å². The highest BCUT2D eigenvalue weighted by molar-refractivity contribution is 5.68. The van der Waals surface area contributed by atoms with Gasteiger partial charge in [-0.25, -0.2) is 4.98 Å². The molecular formula is C22H17N3O. The largest absolute Gasteiger partial charge is 0.360 e. The van der Waals surface area contributed by atoms with Crippen molar-refractivity contribution in [2.45, 2.75) is 13.8 Å². The Bertz CT molecular complexity index is 1100. The van der Waals surface area contributed by atoms with Gasteiger partial charge < -0.3 is 4.52 Å². The minimum absolute atomic E-state index is 0.688. The van der Waals surface area contributed by atoms with Crippen LogP contribution in [0.15, 0.2) is 71.4 Å². The van der Waals surface area contributed by atoms with Gasteiger partial charge in [0.05, 0.1) is 5.56 Å². The molecule has 0 aliphatic heterocycles. The molecule has 0 atom stereocenters. The summed E-state index contributed by atoms with van der Waals surface area (Å²) in [6.07, 6.45) is 1.83. The number of nitrogens with zero attached hydrogens (tertiary/aromatic N) is 3. The van der Waals surface area contributed by atoms with Crippen LogP contribution in [0.4, 0.5) is 0 Å². The van der Waals surface area contributed by atoms with Gasteiger partial charge in [0.25, 0.3) is 0 Å². The van der Waals surface area contributed by atoms with E-state index in [2.05, 4.69) is 22.0 Å². The van der Waals surface area contributed by atoms with Crippen LogP contribution in [0.5, 0.6) is 0 Å². The van der Waals surface area contributed by atoms with E-state index < -0.39 is 0 Å². The first-order chi connectivity index (χ1) is 12.7. The van der Waals surface area contributed by atoms with Crippen molar-refractivity contribution in [3.63, 3.8) is 0 Å². The van der Waals surface area contributed by atoms with E-state index in [1.54, 1.807) is 0 Å². The molecule has 4 nitrogen and oxygen atoms in total. The molecule has 2 heterocycles. The first-order valence-corrected chi connectivity index (χ1v) is 8.37. The van der Waals surface area contributed by atoms with E-state index in [1.165, 1.54) is 0 Å². The van der Waals surface area contributed by atoms with Gasteiger partial charge in [0.15, 0.2) is 5.82 Å². The van der Waals surface area contributed by atoms with Crippen LogP contribution < -0.4 is 0 Å². The van der Waals surface area contributed by atoms with Crippen molar-refractivity contribution in [3.05, 3.63) is 89.7 Å². The second-order valence-corrected chi connectivity index (χ2v) is 5.97. The van der Waals surface area contributed by atoms with E-state index in [-0.39, 0.29) is 0 Å². The van der Waals surface area contributed by atoms with Gasteiger partial charge in [0.2, 0.25) is 0 Å². The van der Waals surface area contributed by atoms with Crippen LogP contribution >= 0.6 is 0 Å². The molecule has 2 aromatic heterocycles. The highest BCUT2D eigenvalue weighted by Gasteiger charge is 2.13. The van der Waals surface area contributed by atoms with E-state index in [0.717, 1.165) is 28.2 Å². The van der Waals surface area contributed by atoms with Crippen LogP contribution in [-0.4, -0.2) is 14.7 Å². The number of aromatic nitrogens is 3. The van der Waals surface area contributed by atoms with Crippen LogP contribution in [0.3, 0.4) is 0 Å². The normalized spacial score (nSPS) is 10.4. The minimum atomic E-state index is 0.688. The van der Waals surface area contributed by atoms with Crippen molar-refractivity contribution in [1.29, 1.82) is 0 Å². The van der Waals surface area contributed by atoms with Gasteiger partial charge in [0.1, 0.15) is 11.5 Å². The van der Waals surface area contributed by atoms with Crippen molar-refractivity contribution in [2.24, 2.45) is 0 Å². The number of hydrogen-bond acceptors (Lipinski definition) is 3. The zero-order chi connectivity index (χ0) is 17.9. The lowest BCUT2D eigenvalue weighted by molar-refractivity contribution is 0.399. The van der Waals surface area contributed by atoms with E-state index in [0.29, 0.717) is 11.6 Å². The summed E-state index contributed by atoms with van der Waals surface area (Å²) in [6, 6.07) is 20.0. The molecule has 0 N–H and O–H groups in total. The Kier molecular flexibility index (Phi) is 4.12. The Balaban J connectivity index is 1.79. The molecule has 0 spiro atoms. The third kappa shape index (κ3) is 2.91. The first-order valence-electron chi connectivity index (χ1n) is 8.37. The number of rotatable bonds is 2. The summed E-state index contributed by atoms with van der Waals surface area (Å²) in [6.45, 7) is 3.89. The number of aryl methyl sites for hydroxylation is 2. The van der Waals surface area contributed by atoms with Gasteiger partial charge in [-0.15, -0.1) is 0 Å². The Labute approximate surface area is 152 Å². The summed E-state index contributed by atoms with van der Waals surface area (Å²) < 4.78 is 7.42. The molecule has 4 aromatic rings. The Morgan fingerprint density at radius 3 is 2.31 bits per heavy atom. The number of imidazole rings is 1. The molecule has 0 saturated heterocycles. The first kappa shape index (κ1) is 15.9. The van der Waals surface area contributed by atoms with Crippen LogP contribution in [0.1, 0.15) is 22.8 Å². The highest BCUT2D eigenvalue weighted by atomic mass is 16.5. The SMILES string of the molecule is Cc1onc(-c2ccccc2)c1C#Cc1ncc(C)n1-c1ccccc1. The van der Waals surface area contributed by atoms with Crippen molar-refractivity contribution >= 4 is 0 Å². The fourth-order valence-electron chi connectivity index (χ4n) is 2.86. The molecule has 0 aliphatic carbocycles. The molecule has 2 aromatic carbocycles.